The van der Waals surface area contributed by atoms with Gasteiger partial charge in [-0.25, -0.2) is 0 Å². The van der Waals surface area contributed by atoms with Gasteiger partial charge in [0.1, 0.15) is 11.3 Å². The summed E-state index contributed by atoms with van der Waals surface area (Å²) in [4.78, 5) is 25.1. The van der Waals surface area contributed by atoms with Crippen molar-refractivity contribution in [3.63, 3.8) is 0 Å². The topological polar surface area (TPSA) is 77.8 Å². The standard InChI is InChI=1S/C25H21NO5/c1-15-4-10-21-19(12-15)20(27)14-23(31-21)16-5-7-17(8-6-16)25(28)26-18-9-11-22(29-2)24(13-18)30-3/h4-14H,1-3H3,(H,26,28). The molecule has 1 aromatic heterocycles. The van der Waals surface area contributed by atoms with Crippen molar-refractivity contribution in [2.24, 2.45) is 0 Å². The number of benzene rings is 3. The predicted octanol–water partition coefficient (Wildman–Crippen LogP) is 5.04. The first-order valence-electron chi connectivity index (χ1n) is 9.67. The molecule has 0 unspecified atom stereocenters. The van der Waals surface area contributed by atoms with Gasteiger partial charge in [0.15, 0.2) is 16.9 Å². The smallest absolute Gasteiger partial charge is 0.255 e. The van der Waals surface area contributed by atoms with Crippen LogP contribution in [0.2, 0.25) is 0 Å². The highest BCUT2D eigenvalue weighted by atomic mass is 16.5. The molecule has 0 aliphatic rings. The van der Waals surface area contributed by atoms with Crippen LogP contribution in [0.25, 0.3) is 22.3 Å². The van der Waals surface area contributed by atoms with Gasteiger partial charge in [0.25, 0.3) is 5.91 Å². The van der Waals surface area contributed by atoms with Crippen LogP contribution in [-0.2, 0) is 0 Å². The van der Waals surface area contributed by atoms with Crippen molar-refractivity contribution in [3.05, 3.63) is 88.1 Å². The molecular weight excluding hydrogens is 394 g/mol. The van der Waals surface area contributed by atoms with Crippen LogP contribution in [0.5, 0.6) is 11.5 Å². The highest BCUT2D eigenvalue weighted by Crippen LogP contribution is 2.30. The third-order valence-corrected chi connectivity index (χ3v) is 4.96. The summed E-state index contributed by atoms with van der Waals surface area (Å²) in [5.41, 5.74) is 3.19. The average Bonchev–Trinajstić information content (AvgIpc) is 2.79. The maximum Gasteiger partial charge on any atom is 0.255 e. The Bertz CT molecular complexity index is 1320. The molecule has 0 aliphatic heterocycles. The van der Waals surface area contributed by atoms with Gasteiger partial charge < -0.3 is 19.2 Å². The van der Waals surface area contributed by atoms with Crippen molar-refractivity contribution in [1.82, 2.24) is 0 Å². The Kier molecular flexibility index (Phi) is 5.45. The number of nitrogens with one attached hydrogen (secondary N) is 1. The molecule has 1 N–H and O–H groups in total. The lowest BCUT2D eigenvalue weighted by molar-refractivity contribution is 0.102. The number of rotatable bonds is 5. The zero-order valence-electron chi connectivity index (χ0n) is 17.4. The van der Waals surface area contributed by atoms with Gasteiger partial charge in [-0.3, -0.25) is 9.59 Å². The molecule has 0 bridgehead atoms. The quantitative estimate of drug-likeness (QED) is 0.494. The van der Waals surface area contributed by atoms with E-state index in [9.17, 15) is 9.59 Å². The van der Waals surface area contributed by atoms with E-state index < -0.39 is 0 Å². The molecule has 156 valence electrons. The third kappa shape index (κ3) is 4.14. The first-order valence-corrected chi connectivity index (χ1v) is 9.67. The Morgan fingerprint density at radius 3 is 2.32 bits per heavy atom. The highest BCUT2D eigenvalue weighted by Gasteiger charge is 2.11. The molecule has 6 heteroatoms. The Labute approximate surface area is 179 Å². The molecule has 0 aliphatic carbocycles. The summed E-state index contributed by atoms with van der Waals surface area (Å²) < 4.78 is 16.4. The normalized spacial score (nSPS) is 10.7. The van der Waals surface area contributed by atoms with Crippen LogP contribution in [0, 0.1) is 6.92 Å². The van der Waals surface area contributed by atoms with Crippen LogP contribution in [0.15, 0.2) is 75.9 Å². The van der Waals surface area contributed by atoms with E-state index in [4.69, 9.17) is 13.9 Å². The summed E-state index contributed by atoms with van der Waals surface area (Å²) >= 11 is 0. The molecule has 3 aromatic carbocycles. The number of ether oxygens (including phenoxy) is 2. The van der Waals surface area contributed by atoms with Crippen molar-refractivity contribution < 1.29 is 18.7 Å². The minimum absolute atomic E-state index is 0.102. The summed E-state index contributed by atoms with van der Waals surface area (Å²) in [7, 11) is 3.09. The lowest BCUT2D eigenvalue weighted by Crippen LogP contribution is -2.11. The lowest BCUT2D eigenvalue weighted by Gasteiger charge is -2.11. The van der Waals surface area contributed by atoms with Crippen molar-refractivity contribution in [1.29, 1.82) is 0 Å². The number of aryl methyl sites for hydroxylation is 1. The van der Waals surface area contributed by atoms with Crippen molar-refractivity contribution in [2.45, 2.75) is 6.92 Å². The number of fused-ring (bicyclic) bond motifs is 1. The fourth-order valence-corrected chi connectivity index (χ4v) is 3.32. The van der Waals surface area contributed by atoms with Gasteiger partial charge in [0.05, 0.1) is 19.6 Å². The summed E-state index contributed by atoms with van der Waals surface area (Å²) in [6, 6.07) is 19.0. The average molecular weight is 415 g/mol. The minimum atomic E-state index is -0.269. The summed E-state index contributed by atoms with van der Waals surface area (Å²) in [5, 5.41) is 3.38. The van der Waals surface area contributed by atoms with E-state index in [0.717, 1.165) is 5.56 Å². The zero-order valence-corrected chi connectivity index (χ0v) is 17.4. The number of amides is 1. The van der Waals surface area contributed by atoms with E-state index in [0.29, 0.717) is 45.0 Å². The van der Waals surface area contributed by atoms with Gasteiger partial charge in [-0.2, -0.15) is 0 Å². The molecule has 0 fully saturated rings. The maximum absolute atomic E-state index is 12.6. The van der Waals surface area contributed by atoms with Gasteiger partial charge in [-0.1, -0.05) is 23.8 Å². The van der Waals surface area contributed by atoms with Crippen LogP contribution in [-0.4, -0.2) is 20.1 Å². The lowest BCUT2D eigenvalue weighted by atomic mass is 10.1. The molecule has 0 radical (unpaired) electrons. The largest absolute Gasteiger partial charge is 0.493 e. The van der Waals surface area contributed by atoms with E-state index in [1.54, 1.807) is 55.6 Å². The molecule has 0 saturated carbocycles. The monoisotopic (exact) mass is 415 g/mol. The van der Waals surface area contributed by atoms with Gasteiger partial charge in [0.2, 0.25) is 0 Å². The molecule has 4 aromatic rings. The third-order valence-electron chi connectivity index (χ3n) is 4.96. The molecule has 0 atom stereocenters. The predicted molar refractivity (Wildman–Crippen MR) is 120 cm³/mol. The number of carbonyl (C=O) groups is 1. The number of methoxy groups -OCH3 is 2. The Balaban J connectivity index is 1.57. The molecule has 1 amide bonds. The molecule has 4 rings (SSSR count). The number of hydrogen-bond acceptors (Lipinski definition) is 5. The Morgan fingerprint density at radius 2 is 1.61 bits per heavy atom. The number of carbonyl (C=O) groups excluding carboxylic acids is 1. The van der Waals surface area contributed by atoms with Crippen LogP contribution in [0.3, 0.4) is 0 Å². The van der Waals surface area contributed by atoms with Crippen LogP contribution >= 0.6 is 0 Å². The van der Waals surface area contributed by atoms with Gasteiger partial charge in [-0.15, -0.1) is 0 Å². The summed E-state index contributed by atoms with van der Waals surface area (Å²) in [5.74, 6) is 1.29. The fraction of sp³-hybridized carbons (Fsp3) is 0.120. The number of anilines is 1. The van der Waals surface area contributed by atoms with Gasteiger partial charge in [0, 0.05) is 28.9 Å². The molecule has 0 spiro atoms. The van der Waals surface area contributed by atoms with Crippen molar-refractivity contribution in [2.75, 3.05) is 19.5 Å². The molecule has 31 heavy (non-hydrogen) atoms. The Hall–Kier alpha value is -4.06. The van der Waals surface area contributed by atoms with Gasteiger partial charge in [-0.05, 0) is 43.3 Å². The molecular formula is C25H21NO5. The summed E-state index contributed by atoms with van der Waals surface area (Å²) in [6.07, 6.45) is 0. The van der Waals surface area contributed by atoms with Crippen molar-refractivity contribution in [3.8, 4) is 22.8 Å². The van der Waals surface area contributed by atoms with Gasteiger partial charge >= 0.3 is 0 Å². The second-order valence-electron chi connectivity index (χ2n) is 7.08. The highest BCUT2D eigenvalue weighted by molar-refractivity contribution is 6.04. The van der Waals surface area contributed by atoms with Crippen LogP contribution < -0.4 is 20.2 Å². The van der Waals surface area contributed by atoms with E-state index in [-0.39, 0.29) is 11.3 Å². The molecule has 1 heterocycles. The molecule has 0 saturated heterocycles. The second-order valence-corrected chi connectivity index (χ2v) is 7.08. The summed E-state index contributed by atoms with van der Waals surface area (Å²) in [6.45, 7) is 1.93. The second kappa shape index (κ2) is 8.36. The van der Waals surface area contributed by atoms with E-state index in [2.05, 4.69) is 5.32 Å². The fourth-order valence-electron chi connectivity index (χ4n) is 3.32. The number of hydrogen-bond donors (Lipinski definition) is 1. The maximum atomic E-state index is 12.6. The first kappa shape index (κ1) is 20.2. The SMILES string of the molecule is COc1ccc(NC(=O)c2ccc(-c3cc(=O)c4cc(C)ccc4o3)cc2)cc1OC. The van der Waals surface area contributed by atoms with E-state index in [1.807, 2.05) is 19.1 Å². The van der Waals surface area contributed by atoms with Crippen molar-refractivity contribution >= 4 is 22.6 Å². The zero-order chi connectivity index (χ0) is 22.0. The van der Waals surface area contributed by atoms with E-state index in [1.165, 1.54) is 13.2 Å². The minimum Gasteiger partial charge on any atom is -0.493 e. The van der Waals surface area contributed by atoms with E-state index >= 15 is 0 Å². The Morgan fingerprint density at radius 1 is 0.871 bits per heavy atom. The first-order chi connectivity index (χ1) is 15.0. The van der Waals surface area contributed by atoms with Crippen LogP contribution in [0.4, 0.5) is 5.69 Å². The van der Waals surface area contributed by atoms with Crippen LogP contribution in [0.1, 0.15) is 15.9 Å². The molecule has 6 nitrogen and oxygen atoms in total.